The van der Waals surface area contributed by atoms with E-state index < -0.39 is 67.3 Å². The molecule has 0 spiro atoms. The first-order valence-corrected chi connectivity index (χ1v) is 33.2. The van der Waals surface area contributed by atoms with E-state index in [9.17, 15) is 34.5 Å². The Balaban J connectivity index is 2.72. The first-order valence-electron chi connectivity index (χ1n) is 33.2. The third kappa shape index (κ3) is 48.6. The van der Waals surface area contributed by atoms with Crippen molar-refractivity contribution in [2.45, 2.75) is 289 Å². The SMILES string of the molecule is CC/C=C\C/C=C\C/C=C\C/C=C\C/C=C\CCCCCC(=O)OCC(COC1OC(C(=O)O)C(O)C(O)C1OC(=O)CCCCCCCCC/C=C\CCCCCCCC)OC(=O)CCCCC/C=C\C/C=C\C/C=C\C/C=C\C/C=C\CC. The van der Waals surface area contributed by atoms with E-state index in [0.29, 0.717) is 19.3 Å². The maximum atomic E-state index is 13.2. The van der Waals surface area contributed by atoms with Crippen LogP contribution in [0.1, 0.15) is 252 Å². The summed E-state index contributed by atoms with van der Waals surface area (Å²) < 4.78 is 28.5. The van der Waals surface area contributed by atoms with Crippen LogP contribution in [0.2, 0.25) is 0 Å². The number of rotatable bonds is 55. The summed E-state index contributed by atoms with van der Waals surface area (Å²) in [6.07, 6.45) is 71.2. The molecule has 0 radical (unpaired) electrons. The Morgan fingerprint density at radius 1 is 0.400 bits per heavy atom. The van der Waals surface area contributed by atoms with Gasteiger partial charge in [-0.15, -0.1) is 0 Å². The summed E-state index contributed by atoms with van der Waals surface area (Å²) in [4.78, 5) is 51.4. The Labute approximate surface area is 515 Å². The molecule has 0 saturated carbocycles. The lowest BCUT2D eigenvalue weighted by atomic mass is 9.98. The van der Waals surface area contributed by atoms with Crippen LogP contribution < -0.4 is 0 Å². The maximum Gasteiger partial charge on any atom is 0.335 e. The standard InChI is InChI=1S/C73H116O12/c1-4-7-10-13-16-19-22-25-28-31-33-36-38-41-44-47-50-53-56-59-65(74)81-62-64(83-66(75)60-57-54-51-48-45-42-40-37-34-32-29-26-23-20-17-14-11-8-5-2)63-82-73-71(69(78)68(77)70(85-73)72(79)80)84-67(76)61-58-55-52-49-46-43-39-35-30-27-24-21-18-15-12-9-6-3/h7-8,10-11,16-17,19-20,25-30,33-34,36-37,41-42,44-45,64,68-71,73,77-78H,4-6,9,12-15,18,21-24,31-32,35,38-40,43,46-63H2,1-3H3,(H,79,80)/b10-7-,11-8-,19-16-,20-17-,28-25-,29-26-,30-27-,36-33-,37-34-,44-41-,45-42-. The zero-order valence-corrected chi connectivity index (χ0v) is 53.1. The smallest absolute Gasteiger partial charge is 0.335 e. The number of ether oxygens (including phenoxy) is 5. The topological polar surface area (TPSA) is 175 Å². The van der Waals surface area contributed by atoms with Gasteiger partial charge in [0.2, 0.25) is 0 Å². The summed E-state index contributed by atoms with van der Waals surface area (Å²) in [6.45, 7) is 5.72. The van der Waals surface area contributed by atoms with Crippen molar-refractivity contribution in [3.05, 3.63) is 134 Å². The van der Waals surface area contributed by atoms with Crippen LogP contribution in [0.15, 0.2) is 134 Å². The molecule has 1 saturated heterocycles. The fourth-order valence-electron chi connectivity index (χ4n) is 9.18. The van der Waals surface area contributed by atoms with Crippen molar-refractivity contribution in [1.82, 2.24) is 0 Å². The highest BCUT2D eigenvalue weighted by Gasteiger charge is 2.50. The van der Waals surface area contributed by atoms with E-state index in [0.717, 1.165) is 141 Å². The summed E-state index contributed by atoms with van der Waals surface area (Å²) in [5.41, 5.74) is 0. The van der Waals surface area contributed by atoms with Crippen LogP contribution in [0.3, 0.4) is 0 Å². The van der Waals surface area contributed by atoms with E-state index in [4.69, 9.17) is 23.7 Å². The van der Waals surface area contributed by atoms with Gasteiger partial charge in [-0.25, -0.2) is 4.79 Å². The number of carbonyl (C=O) groups is 4. The number of carbonyl (C=O) groups excluding carboxylic acids is 3. The van der Waals surface area contributed by atoms with Gasteiger partial charge in [-0.05, 0) is 135 Å². The van der Waals surface area contributed by atoms with Gasteiger partial charge in [0.25, 0.3) is 0 Å². The zero-order chi connectivity index (χ0) is 61.7. The van der Waals surface area contributed by atoms with Crippen molar-refractivity contribution < 1.29 is 58.2 Å². The van der Waals surface area contributed by atoms with Crippen molar-refractivity contribution in [2.24, 2.45) is 0 Å². The van der Waals surface area contributed by atoms with E-state index in [2.05, 4.69) is 154 Å². The van der Waals surface area contributed by atoms with Crippen molar-refractivity contribution in [3.8, 4) is 0 Å². The molecule has 6 unspecified atom stereocenters. The number of allylic oxidation sites excluding steroid dienone is 22. The highest BCUT2D eigenvalue weighted by atomic mass is 16.7. The molecule has 0 aromatic carbocycles. The molecule has 0 aromatic rings. The van der Waals surface area contributed by atoms with Crippen LogP contribution in [-0.2, 0) is 42.9 Å². The van der Waals surface area contributed by atoms with Gasteiger partial charge >= 0.3 is 23.9 Å². The lowest BCUT2D eigenvalue weighted by Crippen LogP contribution is -2.61. The third-order valence-corrected chi connectivity index (χ3v) is 14.2. The molecular formula is C73H116O12. The first-order chi connectivity index (χ1) is 41.6. The monoisotopic (exact) mass is 1180 g/mol. The van der Waals surface area contributed by atoms with Crippen molar-refractivity contribution in [2.75, 3.05) is 13.2 Å². The summed E-state index contributed by atoms with van der Waals surface area (Å²) in [7, 11) is 0. The molecule has 12 heteroatoms. The fraction of sp³-hybridized carbons (Fsp3) is 0.644. The second kappa shape index (κ2) is 59.2. The van der Waals surface area contributed by atoms with Gasteiger partial charge in [0.15, 0.2) is 24.6 Å². The average Bonchev–Trinajstić information content (AvgIpc) is 3.46. The van der Waals surface area contributed by atoms with Gasteiger partial charge in [0.05, 0.1) is 6.61 Å². The van der Waals surface area contributed by atoms with Crippen molar-refractivity contribution in [1.29, 1.82) is 0 Å². The van der Waals surface area contributed by atoms with E-state index in [1.54, 1.807) is 0 Å². The number of carboxylic acid groups (broad SMARTS) is 1. The van der Waals surface area contributed by atoms with Crippen LogP contribution in [0.5, 0.6) is 0 Å². The molecule has 12 nitrogen and oxygen atoms in total. The van der Waals surface area contributed by atoms with Crippen LogP contribution in [0.4, 0.5) is 0 Å². The summed E-state index contributed by atoms with van der Waals surface area (Å²) in [5, 5.41) is 31.6. The van der Waals surface area contributed by atoms with Gasteiger partial charge in [0, 0.05) is 19.3 Å². The average molecular weight is 1190 g/mol. The van der Waals surface area contributed by atoms with Crippen molar-refractivity contribution >= 4 is 23.9 Å². The molecule has 1 heterocycles. The minimum Gasteiger partial charge on any atom is -0.479 e. The van der Waals surface area contributed by atoms with Gasteiger partial charge in [-0.1, -0.05) is 231 Å². The van der Waals surface area contributed by atoms with Gasteiger partial charge < -0.3 is 39.0 Å². The number of aliphatic hydroxyl groups is 2. The number of hydrogen-bond acceptors (Lipinski definition) is 11. The van der Waals surface area contributed by atoms with Gasteiger partial charge in [-0.3, -0.25) is 14.4 Å². The molecule has 1 rings (SSSR count). The molecule has 0 aromatic heterocycles. The Kier molecular flexibility index (Phi) is 54.2. The predicted octanol–water partition coefficient (Wildman–Crippen LogP) is 18.1. The molecular weight excluding hydrogens is 1070 g/mol. The number of esters is 3. The lowest BCUT2D eigenvalue weighted by molar-refractivity contribution is -0.301. The molecule has 3 N–H and O–H groups in total. The number of aliphatic carboxylic acids is 1. The number of hydrogen-bond donors (Lipinski definition) is 3. The number of aliphatic hydroxyl groups excluding tert-OH is 2. The van der Waals surface area contributed by atoms with E-state index >= 15 is 0 Å². The Morgan fingerprint density at radius 2 is 0.741 bits per heavy atom. The van der Waals surface area contributed by atoms with E-state index in [1.165, 1.54) is 51.4 Å². The Morgan fingerprint density at radius 3 is 1.15 bits per heavy atom. The number of carboxylic acids is 1. The lowest BCUT2D eigenvalue weighted by Gasteiger charge is -2.40. The molecule has 85 heavy (non-hydrogen) atoms. The van der Waals surface area contributed by atoms with Crippen LogP contribution in [0, 0.1) is 0 Å². The minimum absolute atomic E-state index is 0.0414. The molecule has 0 amide bonds. The van der Waals surface area contributed by atoms with E-state index in [1.807, 2.05) is 0 Å². The second-order valence-electron chi connectivity index (χ2n) is 22.0. The molecule has 1 fully saturated rings. The third-order valence-electron chi connectivity index (χ3n) is 14.2. The minimum atomic E-state index is -1.92. The van der Waals surface area contributed by atoms with Crippen LogP contribution >= 0.6 is 0 Å². The quantitative estimate of drug-likeness (QED) is 0.0228. The van der Waals surface area contributed by atoms with Gasteiger partial charge in [0.1, 0.15) is 18.8 Å². The maximum absolute atomic E-state index is 13.2. The number of unbranched alkanes of at least 4 members (excludes halogenated alkanes) is 19. The molecule has 0 bridgehead atoms. The van der Waals surface area contributed by atoms with Crippen molar-refractivity contribution in [3.63, 3.8) is 0 Å². The second-order valence-corrected chi connectivity index (χ2v) is 22.0. The normalized spacial score (nSPS) is 18.3. The highest BCUT2D eigenvalue weighted by molar-refractivity contribution is 5.74. The van der Waals surface area contributed by atoms with E-state index in [-0.39, 0.29) is 25.9 Å². The summed E-state index contributed by atoms with van der Waals surface area (Å²) in [5.74, 6) is -3.22. The molecule has 0 aliphatic carbocycles. The van der Waals surface area contributed by atoms with Gasteiger partial charge in [-0.2, -0.15) is 0 Å². The summed E-state index contributed by atoms with van der Waals surface area (Å²) >= 11 is 0. The van der Waals surface area contributed by atoms with Crippen LogP contribution in [0.25, 0.3) is 0 Å². The van der Waals surface area contributed by atoms with Crippen LogP contribution in [-0.4, -0.2) is 89.2 Å². The Hall–Kier alpha value is -5.14. The predicted molar refractivity (Wildman–Crippen MR) is 349 cm³/mol. The Bertz CT molecular complexity index is 1990. The molecule has 1 aliphatic rings. The first kappa shape index (κ1) is 77.9. The molecule has 1 aliphatic heterocycles. The fourth-order valence-corrected chi connectivity index (χ4v) is 9.18. The molecule has 6 atom stereocenters. The molecule has 480 valence electrons. The largest absolute Gasteiger partial charge is 0.479 e. The highest BCUT2D eigenvalue weighted by Crippen LogP contribution is 2.26. The summed E-state index contributed by atoms with van der Waals surface area (Å²) in [6, 6.07) is 0. The zero-order valence-electron chi connectivity index (χ0n) is 53.1.